The van der Waals surface area contributed by atoms with E-state index in [9.17, 15) is 8.42 Å². The first kappa shape index (κ1) is 20.1. The average molecular weight is 388 g/mol. The fourth-order valence-corrected chi connectivity index (χ4v) is 4.93. The smallest absolute Gasteiger partial charge is 0.296 e. The van der Waals surface area contributed by atoms with Gasteiger partial charge in [-0.3, -0.25) is 9.08 Å². The molecule has 5 heteroatoms. The third-order valence-electron chi connectivity index (χ3n) is 5.46. The minimum absolute atomic E-state index is 0.0510. The highest BCUT2D eigenvalue weighted by Crippen LogP contribution is 2.36. The SMILES string of the molecule is CCC[C@H]1[C@H](COS(=O)(=O)c2ccc(C)cc2)c2ccccc2CN1CC. The van der Waals surface area contributed by atoms with E-state index in [1.807, 2.05) is 19.1 Å². The zero-order valence-electron chi connectivity index (χ0n) is 16.4. The van der Waals surface area contributed by atoms with E-state index in [4.69, 9.17) is 4.18 Å². The first-order chi connectivity index (χ1) is 13.0. The molecule has 1 aliphatic heterocycles. The van der Waals surface area contributed by atoms with E-state index < -0.39 is 10.1 Å². The van der Waals surface area contributed by atoms with Crippen molar-refractivity contribution in [1.29, 1.82) is 0 Å². The van der Waals surface area contributed by atoms with Crippen molar-refractivity contribution in [3.05, 3.63) is 65.2 Å². The van der Waals surface area contributed by atoms with Crippen molar-refractivity contribution in [3.63, 3.8) is 0 Å². The number of aryl methyl sites for hydroxylation is 1. The Kier molecular flexibility index (Phi) is 6.35. The molecule has 0 unspecified atom stereocenters. The Hall–Kier alpha value is -1.69. The minimum Gasteiger partial charge on any atom is -0.296 e. The molecule has 1 heterocycles. The van der Waals surface area contributed by atoms with Crippen LogP contribution in [0.2, 0.25) is 0 Å². The molecule has 27 heavy (non-hydrogen) atoms. The molecule has 0 saturated heterocycles. The van der Waals surface area contributed by atoms with Crippen LogP contribution in [0.25, 0.3) is 0 Å². The van der Waals surface area contributed by atoms with E-state index in [1.54, 1.807) is 24.3 Å². The lowest BCUT2D eigenvalue weighted by molar-refractivity contribution is 0.117. The number of fused-ring (bicyclic) bond motifs is 1. The largest absolute Gasteiger partial charge is 0.296 e. The number of benzene rings is 2. The van der Waals surface area contributed by atoms with Gasteiger partial charge >= 0.3 is 0 Å². The molecule has 146 valence electrons. The molecule has 2 atom stereocenters. The Bertz CT molecular complexity index is 861. The van der Waals surface area contributed by atoms with Gasteiger partial charge in [0.25, 0.3) is 10.1 Å². The number of nitrogens with zero attached hydrogens (tertiary/aromatic N) is 1. The standard InChI is InChI=1S/C22H29NO3S/c1-4-8-22-21(20-10-7-6-9-18(20)15-23(22)5-2)16-26-27(24,25)19-13-11-17(3)12-14-19/h6-7,9-14,21-22H,4-5,8,15-16H2,1-3H3/t21-,22+/m1/s1. The highest BCUT2D eigenvalue weighted by atomic mass is 32.2. The molecule has 1 aliphatic rings. The Balaban J connectivity index is 1.87. The topological polar surface area (TPSA) is 46.6 Å². The van der Waals surface area contributed by atoms with E-state index in [2.05, 4.69) is 30.9 Å². The van der Waals surface area contributed by atoms with Crippen LogP contribution < -0.4 is 0 Å². The number of hydrogen-bond acceptors (Lipinski definition) is 4. The van der Waals surface area contributed by atoms with Crippen LogP contribution in [-0.4, -0.2) is 32.5 Å². The molecule has 2 aromatic rings. The second kappa shape index (κ2) is 8.55. The lowest BCUT2D eigenvalue weighted by Gasteiger charge is -2.42. The van der Waals surface area contributed by atoms with Gasteiger partial charge in [-0.15, -0.1) is 0 Å². The van der Waals surface area contributed by atoms with Crippen molar-refractivity contribution >= 4 is 10.1 Å². The lowest BCUT2D eigenvalue weighted by atomic mass is 9.82. The lowest BCUT2D eigenvalue weighted by Crippen LogP contribution is -2.44. The summed E-state index contributed by atoms with van der Waals surface area (Å²) < 4.78 is 30.9. The van der Waals surface area contributed by atoms with E-state index in [0.717, 1.165) is 31.5 Å². The molecule has 4 nitrogen and oxygen atoms in total. The van der Waals surface area contributed by atoms with Crippen molar-refractivity contribution in [2.45, 2.75) is 57.0 Å². The summed E-state index contributed by atoms with van der Waals surface area (Å²) in [7, 11) is -3.76. The average Bonchev–Trinajstić information content (AvgIpc) is 2.67. The summed E-state index contributed by atoms with van der Waals surface area (Å²) in [5.41, 5.74) is 3.52. The van der Waals surface area contributed by atoms with Gasteiger partial charge in [0.15, 0.2) is 0 Å². The summed E-state index contributed by atoms with van der Waals surface area (Å²) in [4.78, 5) is 2.66. The van der Waals surface area contributed by atoms with Crippen LogP contribution in [0.15, 0.2) is 53.4 Å². The first-order valence-electron chi connectivity index (χ1n) is 9.74. The van der Waals surface area contributed by atoms with Gasteiger partial charge in [-0.25, -0.2) is 0 Å². The maximum absolute atomic E-state index is 12.7. The van der Waals surface area contributed by atoms with Gasteiger partial charge in [-0.05, 0) is 43.1 Å². The van der Waals surface area contributed by atoms with Gasteiger partial charge < -0.3 is 0 Å². The Morgan fingerprint density at radius 2 is 1.78 bits per heavy atom. The van der Waals surface area contributed by atoms with Crippen LogP contribution in [0.5, 0.6) is 0 Å². The summed E-state index contributed by atoms with van der Waals surface area (Å²) in [6.07, 6.45) is 2.09. The van der Waals surface area contributed by atoms with Gasteiger partial charge in [0.05, 0.1) is 11.5 Å². The fraction of sp³-hybridized carbons (Fsp3) is 0.455. The molecule has 0 fully saturated rings. The predicted molar refractivity (Wildman–Crippen MR) is 108 cm³/mol. The van der Waals surface area contributed by atoms with Gasteiger partial charge in [0, 0.05) is 18.5 Å². The van der Waals surface area contributed by atoms with Crippen molar-refractivity contribution in [2.75, 3.05) is 13.2 Å². The Morgan fingerprint density at radius 1 is 1.07 bits per heavy atom. The van der Waals surface area contributed by atoms with Gasteiger partial charge in [0.2, 0.25) is 0 Å². The number of likely N-dealkylation sites (N-methyl/N-ethyl adjacent to an activating group) is 1. The van der Waals surface area contributed by atoms with Crippen LogP contribution in [0.4, 0.5) is 0 Å². The van der Waals surface area contributed by atoms with Gasteiger partial charge in [0.1, 0.15) is 0 Å². The van der Waals surface area contributed by atoms with E-state index in [-0.39, 0.29) is 17.4 Å². The van der Waals surface area contributed by atoms with Crippen LogP contribution in [0.1, 0.15) is 49.3 Å². The summed E-state index contributed by atoms with van der Waals surface area (Å²) in [5.74, 6) is 0.0510. The second-order valence-corrected chi connectivity index (χ2v) is 8.89. The molecule has 0 aliphatic carbocycles. The number of rotatable bonds is 7. The maximum Gasteiger partial charge on any atom is 0.296 e. The van der Waals surface area contributed by atoms with Gasteiger partial charge in [-0.2, -0.15) is 8.42 Å². The molecular weight excluding hydrogens is 358 g/mol. The number of hydrogen-bond donors (Lipinski definition) is 0. The quantitative estimate of drug-likeness (QED) is 0.657. The zero-order chi connectivity index (χ0) is 19.4. The third-order valence-corrected chi connectivity index (χ3v) is 6.76. The minimum atomic E-state index is -3.76. The fourth-order valence-electron chi connectivity index (χ4n) is 4.00. The highest BCUT2D eigenvalue weighted by Gasteiger charge is 2.34. The Morgan fingerprint density at radius 3 is 2.44 bits per heavy atom. The third kappa shape index (κ3) is 4.42. The van der Waals surface area contributed by atoms with Crippen molar-refractivity contribution < 1.29 is 12.6 Å². The molecule has 2 aromatic carbocycles. The summed E-state index contributed by atoms with van der Waals surface area (Å²) in [6.45, 7) is 8.31. The van der Waals surface area contributed by atoms with Crippen molar-refractivity contribution in [2.24, 2.45) is 0 Å². The summed E-state index contributed by atoms with van der Waals surface area (Å²) in [5, 5.41) is 0. The molecular formula is C22H29NO3S. The molecule has 0 amide bonds. The summed E-state index contributed by atoms with van der Waals surface area (Å²) in [6, 6.07) is 15.5. The van der Waals surface area contributed by atoms with Crippen LogP contribution in [0.3, 0.4) is 0 Å². The van der Waals surface area contributed by atoms with Gasteiger partial charge in [-0.1, -0.05) is 62.2 Å². The predicted octanol–water partition coefficient (Wildman–Crippen LogP) is 4.49. The Labute approximate surface area is 163 Å². The van der Waals surface area contributed by atoms with Crippen LogP contribution in [-0.2, 0) is 20.8 Å². The molecule has 0 saturated carbocycles. The second-order valence-electron chi connectivity index (χ2n) is 7.28. The zero-order valence-corrected chi connectivity index (χ0v) is 17.2. The van der Waals surface area contributed by atoms with Crippen LogP contribution >= 0.6 is 0 Å². The molecule has 3 rings (SSSR count). The molecule has 0 radical (unpaired) electrons. The van der Waals surface area contributed by atoms with Crippen molar-refractivity contribution in [3.8, 4) is 0 Å². The normalized spacial score (nSPS) is 20.4. The molecule has 0 bridgehead atoms. The molecule has 0 aromatic heterocycles. The van der Waals surface area contributed by atoms with E-state index in [1.165, 1.54) is 11.1 Å². The molecule has 0 spiro atoms. The van der Waals surface area contributed by atoms with Crippen LogP contribution in [0, 0.1) is 6.92 Å². The maximum atomic E-state index is 12.7. The van der Waals surface area contributed by atoms with E-state index >= 15 is 0 Å². The van der Waals surface area contributed by atoms with Crippen molar-refractivity contribution in [1.82, 2.24) is 4.90 Å². The molecule has 0 N–H and O–H groups in total. The monoisotopic (exact) mass is 387 g/mol. The summed E-state index contributed by atoms with van der Waals surface area (Å²) >= 11 is 0. The highest BCUT2D eigenvalue weighted by molar-refractivity contribution is 7.86. The van der Waals surface area contributed by atoms with E-state index in [0.29, 0.717) is 6.04 Å². The first-order valence-corrected chi connectivity index (χ1v) is 11.1.